The number of rotatable bonds is 1. The maximum absolute atomic E-state index is 13.6. The number of amides is 1. The Labute approximate surface area is 187 Å². The van der Waals surface area contributed by atoms with E-state index in [1.807, 2.05) is 56.0 Å². The van der Waals surface area contributed by atoms with Crippen LogP contribution >= 0.6 is 0 Å². The number of anilines is 2. The lowest BCUT2D eigenvalue weighted by atomic mass is 9.63. The van der Waals surface area contributed by atoms with Gasteiger partial charge in [0.05, 0.1) is 5.57 Å². The molecule has 0 aromatic heterocycles. The Morgan fingerprint density at radius 2 is 1.75 bits per heavy atom. The fourth-order valence-electron chi connectivity index (χ4n) is 5.48. The molecule has 0 radical (unpaired) electrons. The predicted octanol–water partition coefficient (Wildman–Crippen LogP) is 4.02. The number of nitriles is 1. The summed E-state index contributed by atoms with van der Waals surface area (Å²) in [4.78, 5) is 28.9. The summed E-state index contributed by atoms with van der Waals surface area (Å²) in [5.41, 5.74) is 11.5. The van der Waals surface area contributed by atoms with E-state index in [0.717, 1.165) is 22.4 Å². The molecule has 6 heteroatoms. The van der Waals surface area contributed by atoms with Crippen molar-refractivity contribution in [1.82, 2.24) is 0 Å². The zero-order valence-corrected chi connectivity index (χ0v) is 18.4. The topological polar surface area (TPSA) is 99.2 Å². The van der Waals surface area contributed by atoms with Gasteiger partial charge in [0.2, 0.25) is 5.91 Å². The molecule has 2 heterocycles. The zero-order valence-electron chi connectivity index (χ0n) is 18.4. The van der Waals surface area contributed by atoms with Crippen molar-refractivity contribution in [2.24, 2.45) is 5.73 Å². The van der Waals surface area contributed by atoms with Crippen LogP contribution in [0.4, 0.5) is 11.4 Å². The van der Waals surface area contributed by atoms with Gasteiger partial charge in [-0.15, -0.1) is 0 Å². The third-order valence-electron chi connectivity index (χ3n) is 6.65. The van der Waals surface area contributed by atoms with E-state index >= 15 is 0 Å². The maximum atomic E-state index is 13.6. The number of hydrogen-bond donors (Lipinski definition) is 2. The molecule has 6 nitrogen and oxygen atoms in total. The molecular weight excluding hydrogens is 400 g/mol. The maximum Gasteiger partial charge on any atom is 0.245 e. The number of allylic oxidation sites excluding steroid dienone is 1. The number of nitrogens with two attached hydrogens (primary N) is 1. The van der Waals surface area contributed by atoms with Crippen LogP contribution in [0.25, 0.3) is 0 Å². The van der Waals surface area contributed by atoms with Crippen molar-refractivity contribution in [2.45, 2.75) is 45.4 Å². The second-order valence-electron chi connectivity index (χ2n) is 8.90. The van der Waals surface area contributed by atoms with Gasteiger partial charge in [0.15, 0.2) is 5.78 Å². The van der Waals surface area contributed by atoms with E-state index in [4.69, 9.17) is 5.73 Å². The number of nitrogens with one attached hydrogen (secondary N) is 1. The van der Waals surface area contributed by atoms with E-state index in [2.05, 4.69) is 17.5 Å². The van der Waals surface area contributed by atoms with E-state index in [0.29, 0.717) is 41.8 Å². The van der Waals surface area contributed by atoms with Gasteiger partial charge in [0.25, 0.3) is 0 Å². The Kier molecular flexibility index (Phi) is 4.28. The normalized spacial score (nSPS) is 22.1. The van der Waals surface area contributed by atoms with Gasteiger partial charge in [-0.2, -0.15) is 5.26 Å². The number of carbonyl (C=O) groups excluding carboxylic acids is 2. The summed E-state index contributed by atoms with van der Waals surface area (Å²) in [6.45, 7) is 5.92. The molecule has 2 aliphatic heterocycles. The molecule has 0 saturated carbocycles. The second kappa shape index (κ2) is 6.83. The highest BCUT2D eigenvalue weighted by Gasteiger charge is 2.60. The van der Waals surface area contributed by atoms with Gasteiger partial charge in [-0.1, -0.05) is 23.8 Å². The van der Waals surface area contributed by atoms with Gasteiger partial charge >= 0.3 is 0 Å². The van der Waals surface area contributed by atoms with Gasteiger partial charge < -0.3 is 11.1 Å². The van der Waals surface area contributed by atoms with Crippen molar-refractivity contribution >= 4 is 23.1 Å². The fraction of sp³-hybridized carbons (Fsp3) is 0.269. The fourth-order valence-corrected chi connectivity index (χ4v) is 5.48. The number of fused-ring (bicyclic) bond motifs is 3. The molecule has 0 fully saturated rings. The van der Waals surface area contributed by atoms with Crippen molar-refractivity contribution in [3.8, 4) is 6.07 Å². The predicted molar refractivity (Wildman–Crippen MR) is 123 cm³/mol. The van der Waals surface area contributed by atoms with Crippen molar-refractivity contribution in [2.75, 3.05) is 10.2 Å². The second-order valence-corrected chi connectivity index (χ2v) is 8.90. The first kappa shape index (κ1) is 20.1. The molecular formula is C26H24N4O2. The lowest BCUT2D eigenvalue weighted by Crippen LogP contribution is -2.50. The van der Waals surface area contributed by atoms with Crippen LogP contribution in [0.15, 0.2) is 59.1 Å². The summed E-state index contributed by atoms with van der Waals surface area (Å²) >= 11 is 0. The minimum Gasteiger partial charge on any atom is -0.384 e. The minimum absolute atomic E-state index is 0.104. The number of aryl methyl sites for hydroxylation is 3. The first-order chi connectivity index (χ1) is 15.3. The van der Waals surface area contributed by atoms with Crippen molar-refractivity contribution in [3.63, 3.8) is 0 Å². The quantitative estimate of drug-likeness (QED) is 0.720. The average molecular weight is 425 g/mol. The van der Waals surface area contributed by atoms with Crippen LogP contribution < -0.4 is 16.0 Å². The van der Waals surface area contributed by atoms with Crippen molar-refractivity contribution < 1.29 is 9.59 Å². The standard InChI is InChI=1S/C26H24N4O2/c1-14-7-8-20-18(12-14)26(25(32)29-20)19(13-27)24(28)30(17-10-15(2)9-16(3)11-17)21-5-4-6-22(31)23(21)26/h7-12H,4-6,28H2,1-3H3,(H,29,32)/t26-/m0/s1. The van der Waals surface area contributed by atoms with Crippen LogP contribution in [0.5, 0.6) is 0 Å². The van der Waals surface area contributed by atoms with Crippen LogP contribution in [-0.2, 0) is 15.0 Å². The lowest BCUT2D eigenvalue weighted by Gasteiger charge is -2.43. The highest BCUT2D eigenvalue weighted by Crippen LogP contribution is 2.55. The van der Waals surface area contributed by atoms with Gasteiger partial charge in [0, 0.05) is 34.6 Å². The van der Waals surface area contributed by atoms with Gasteiger partial charge in [-0.05, 0) is 62.9 Å². The Hall–Kier alpha value is -3.85. The summed E-state index contributed by atoms with van der Waals surface area (Å²) in [7, 11) is 0. The molecule has 3 N–H and O–H groups in total. The number of nitrogens with zero attached hydrogens (tertiary/aromatic N) is 2. The zero-order chi connectivity index (χ0) is 22.8. The molecule has 0 bridgehead atoms. The monoisotopic (exact) mass is 424 g/mol. The number of hydrogen-bond acceptors (Lipinski definition) is 5. The smallest absolute Gasteiger partial charge is 0.245 e. The molecule has 2 aromatic rings. The SMILES string of the molecule is Cc1cc(C)cc(N2C(N)=C(C#N)[C@]3(C(=O)Nc4ccc(C)cc43)C3=C2CCCC3=O)c1. The molecule has 160 valence electrons. The van der Waals surface area contributed by atoms with E-state index in [-0.39, 0.29) is 23.1 Å². The van der Waals surface area contributed by atoms with Crippen LogP contribution in [-0.4, -0.2) is 11.7 Å². The van der Waals surface area contributed by atoms with E-state index in [9.17, 15) is 14.9 Å². The van der Waals surface area contributed by atoms with Crippen LogP contribution in [0.2, 0.25) is 0 Å². The average Bonchev–Trinajstić information content (AvgIpc) is 3.00. The third-order valence-corrected chi connectivity index (χ3v) is 6.65. The van der Waals surface area contributed by atoms with Crippen molar-refractivity contribution in [1.29, 1.82) is 5.26 Å². The van der Waals surface area contributed by atoms with Crippen LogP contribution in [0.1, 0.15) is 41.5 Å². The molecule has 1 amide bonds. The molecule has 1 atom stereocenters. The number of benzene rings is 2. The molecule has 1 spiro atoms. The van der Waals surface area contributed by atoms with E-state index < -0.39 is 5.41 Å². The Morgan fingerprint density at radius 3 is 2.44 bits per heavy atom. The Bertz CT molecular complexity index is 1310. The first-order valence-electron chi connectivity index (χ1n) is 10.8. The van der Waals surface area contributed by atoms with Gasteiger partial charge in [-0.3, -0.25) is 14.5 Å². The molecule has 0 unspecified atom stereocenters. The number of carbonyl (C=O) groups is 2. The molecule has 1 aliphatic carbocycles. The largest absolute Gasteiger partial charge is 0.384 e. The molecule has 3 aliphatic rings. The number of ketones is 1. The van der Waals surface area contributed by atoms with Crippen LogP contribution in [0.3, 0.4) is 0 Å². The molecule has 0 saturated heterocycles. The number of Topliss-reactive ketones (excluding diaryl/α,β-unsaturated/α-hetero) is 1. The molecule has 5 rings (SSSR count). The Balaban J connectivity index is 1.90. The molecule has 2 aromatic carbocycles. The Morgan fingerprint density at radius 1 is 1.03 bits per heavy atom. The lowest BCUT2D eigenvalue weighted by molar-refractivity contribution is -0.122. The van der Waals surface area contributed by atoms with Crippen molar-refractivity contribution in [3.05, 3.63) is 81.3 Å². The summed E-state index contributed by atoms with van der Waals surface area (Å²) in [6.07, 6.45) is 1.62. The summed E-state index contributed by atoms with van der Waals surface area (Å²) < 4.78 is 0. The van der Waals surface area contributed by atoms with Crippen LogP contribution in [0, 0.1) is 32.1 Å². The van der Waals surface area contributed by atoms with Gasteiger partial charge in [-0.25, -0.2) is 0 Å². The molecule has 32 heavy (non-hydrogen) atoms. The minimum atomic E-state index is -1.51. The summed E-state index contributed by atoms with van der Waals surface area (Å²) in [5.74, 6) is -0.290. The highest BCUT2D eigenvalue weighted by atomic mass is 16.2. The summed E-state index contributed by atoms with van der Waals surface area (Å²) in [6, 6.07) is 13.9. The van der Waals surface area contributed by atoms with Gasteiger partial charge in [0.1, 0.15) is 17.3 Å². The summed E-state index contributed by atoms with van der Waals surface area (Å²) in [5, 5.41) is 13.2. The van der Waals surface area contributed by atoms with E-state index in [1.54, 1.807) is 0 Å². The highest BCUT2D eigenvalue weighted by molar-refractivity contribution is 6.19. The van der Waals surface area contributed by atoms with E-state index in [1.165, 1.54) is 0 Å². The first-order valence-corrected chi connectivity index (χ1v) is 10.8. The third kappa shape index (κ3) is 2.51.